The standard InChI is InChI=1S/C13H14N2O4S2/c1-13(2)8(12(18)19)15-10(17)7(11(15)21-13)14-9(16)6-4-3-5-20-6/h3-5,7-8,11H,1-2H3,(H,14,16)(H,18,19)/t7-,8+,11-/m1/s1. The van der Waals surface area contributed by atoms with E-state index < -0.39 is 22.8 Å². The van der Waals surface area contributed by atoms with Crippen LogP contribution < -0.4 is 5.32 Å². The molecule has 1 aromatic heterocycles. The second-order valence-corrected chi connectivity index (χ2v) is 8.25. The minimum absolute atomic E-state index is 0.291. The fourth-order valence-electron chi connectivity index (χ4n) is 2.77. The number of thiophene rings is 1. The highest BCUT2D eigenvalue weighted by Gasteiger charge is 2.64. The molecule has 2 fully saturated rings. The summed E-state index contributed by atoms with van der Waals surface area (Å²) in [7, 11) is 0. The van der Waals surface area contributed by atoms with Gasteiger partial charge in [-0.05, 0) is 25.3 Å². The molecule has 0 aromatic carbocycles. The quantitative estimate of drug-likeness (QED) is 0.809. The van der Waals surface area contributed by atoms with Gasteiger partial charge in [0.15, 0.2) is 0 Å². The molecule has 2 aliphatic rings. The predicted molar refractivity (Wildman–Crippen MR) is 79.3 cm³/mol. The molecule has 2 saturated heterocycles. The van der Waals surface area contributed by atoms with Gasteiger partial charge in [0.1, 0.15) is 17.5 Å². The molecule has 0 unspecified atom stereocenters. The summed E-state index contributed by atoms with van der Waals surface area (Å²) >= 11 is 2.72. The van der Waals surface area contributed by atoms with Crippen LogP contribution in [0.15, 0.2) is 17.5 Å². The van der Waals surface area contributed by atoms with Crippen molar-refractivity contribution in [3.05, 3.63) is 22.4 Å². The third kappa shape index (κ3) is 2.13. The number of β-lactam (4-membered cyclic amide) rings is 1. The molecule has 6 nitrogen and oxygen atoms in total. The van der Waals surface area contributed by atoms with Gasteiger partial charge in [-0.1, -0.05) is 6.07 Å². The fraction of sp³-hybridized carbons (Fsp3) is 0.462. The van der Waals surface area contributed by atoms with Crippen LogP contribution in [-0.2, 0) is 9.59 Å². The van der Waals surface area contributed by atoms with Crippen molar-refractivity contribution >= 4 is 40.9 Å². The van der Waals surface area contributed by atoms with E-state index in [2.05, 4.69) is 5.32 Å². The van der Waals surface area contributed by atoms with Crippen LogP contribution in [0.2, 0.25) is 0 Å². The van der Waals surface area contributed by atoms with Crippen LogP contribution in [0.1, 0.15) is 23.5 Å². The van der Waals surface area contributed by atoms with Gasteiger partial charge in [-0.25, -0.2) is 4.79 Å². The highest BCUT2D eigenvalue weighted by Crippen LogP contribution is 2.50. The second-order valence-electron chi connectivity index (χ2n) is 5.53. The number of carboxylic acids is 1. The van der Waals surface area contributed by atoms with Crippen LogP contribution in [0.25, 0.3) is 0 Å². The van der Waals surface area contributed by atoms with E-state index in [4.69, 9.17) is 0 Å². The van der Waals surface area contributed by atoms with E-state index in [0.29, 0.717) is 4.88 Å². The van der Waals surface area contributed by atoms with E-state index in [1.165, 1.54) is 28.0 Å². The Morgan fingerprint density at radius 1 is 1.43 bits per heavy atom. The van der Waals surface area contributed by atoms with E-state index in [0.717, 1.165) is 0 Å². The van der Waals surface area contributed by atoms with Crippen molar-refractivity contribution in [2.75, 3.05) is 0 Å². The molecule has 1 aromatic rings. The molecule has 3 atom stereocenters. The Labute approximate surface area is 129 Å². The minimum atomic E-state index is -1.01. The van der Waals surface area contributed by atoms with Gasteiger partial charge in [-0.3, -0.25) is 9.59 Å². The van der Waals surface area contributed by atoms with Crippen molar-refractivity contribution in [2.45, 2.75) is 36.1 Å². The van der Waals surface area contributed by atoms with Gasteiger partial charge in [0.05, 0.1) is 4.88 Å². The molecule has 0 spiro atoms. The highest BCUT2D eigenvalue weighted by atomic mass is 32.2. The number of hydrogen-bond acceptors (Lipinski definition) is 5. The van der Waals surface area contributed by atoms with E-state index in [1.807, 2.05) is 0 Å². The molecule has 0 radical (unpaired) electrons. The number of carbonyl (C=O) groups is 3. The van der Waals surface area contributed by atoms with Crippen LogP contribution in [-0.4, -0.2) is 50.0 Å². The maximum atomic E-state index is 12.2. The molecular formula is C13H14N2O4S2. The van der Waals surface area contributed by atoms with Crippen molar-refractivity contribution in [3.63, 3.8) is 0 Å². The van der Waals surface area contributed by atoms with Gasteiger partial charge in [-0.15, -0.1) is 23.1 Å². The van der Waals surface area contributed by atoms with Crippen molar-refractivity contribution in [1.82, 2.24) is 10.2 Å². The molecule has 3 rings (SSSR count). The number of nitrogens with one attached hydrogen (secondary N) is 1. The first-order chi connectivity index (χ1) is 9.83. The summed E-state index contributed by atoms with van der Waals surface area (Å²) in [6.07, 6.45) is 0. The third-order valence-corrected chi connectivity index (χ3v) is 6.15. The fourth-order valence-corrected chi connectivity index (χ4v) is 5.02. The van der Waals surface area contributed by atoms with Crippen LogP contribution in [0.4, 0.5) is 0 Å². The second kappa shape index (κ2) is 4.74. The zero-order chi connectivity index (χ0) is 15.4. The smallest absolute Gasteiger partial charge is 0.327 e. The van der Waals surface area contributed by atoms with Gasteiger partial charge in [0.25, 0.3) is 5.91 Å². The first kappa shape index (κ1) is 14.4. The molecule has 8 heteroatoms. The Morgan fingerprint density at radius 2 is 2.14 bits per heavy atom. The monoisotopic (exact) mass is 326 g/mol. The first-order valence-corrected chi connectivity index (χ1v) is 8.16. The third-order valence-electron chi connectivity index (χ3n) is 3.71. The van der Waals surface area contributed by atoms with Gasteiger partial charge >= 0.3 is 5.97 Å². The summed E-state index contributed by atoms with van der Waals surface area (Å²) in [5, 5.41) is 13.5. The molecule has 2 amide bonds. The summed E-state index contributed by atoms with van der Waals surface area (Å²) in [6.45, 7) is 3.61. The number of nitrogens with zero attached hydrogens (tertiary/aromatic N) is 1. The Kier molecular flexibility index (Phi) is 3.25. The van der Waals surface area contributed by atoms with E-state index >= 15 is 0 Å². The summed E-state index contributed by atoms with van der Waals surface area (Å²) in [5.41, 5.74) is 0. The molecule has 21 heavy (non-hydrogen) atoms. The van der Waals surface area contributed by atoms with E-state index in [1.54, 1.807) is 31.4 Å². The summed E-state index contributed by atoms with van der Waals surface area (Å²) in [5.74, 6) is -1.62. The number of amides is 2. The summed E-state index contributed by atoms with van der Waals surface area (Å²) < 4.78 is -0.575. The number of rotatable bonds is 3. The average Bonchev–Trinajstić information content (AvgIpc) is 3.00. The van der Waals surface area contributed by atoms with Crippen molar-refractivity contribution in [3.8, 4) is 0 Å². The maximum Gasteiger partial charge on any atom is 0.327 e. The number of thioether (sulfide) groups is 1. The molecule has 0 bridgehead atoms. The predicted octanol–water partition coefficient (Wildman–Crippen LogP) is 0.993. The van der Waals surface area contributed by atoms with Crippen LogP contribution in [0, 0.1) is 0 Å². The first-order valence-electron chi connectivity index (χ1n) is 6.40. The van der Waals surface area contributed by atoms with Gasteiger partial charge in [0.2, 0.25) is 5.91 Å². The highest BCUT2D eigenvalue weighted by molar-refractivity contribution is 8.01. The largest absolute Gasteiger partial charge is 0.480 e. The zero-order valence-corrected chi connectivity index (χ0v) is 13.0. The minimum Gasteiger partial charge on any atom is -0.480 e. The molecule has 0 saturated carbocycles. The van der Waals surface area contributed by atoms with Gasteiger partial charge < -0.3 is 15.3 Å². The van der Waals surface area contributed by atoms with E-state index in [9.17, 15) is 19.5 Å². The van der Waals surface area contributed by atoms with Crippen molar-refractivity contribution in [1.29, 1.82) is 0 Å². The molecular weight excluding hydrogens is 312 g/mol. The maximum absolute atomic E-state index is 12.2. The number of carboxylic acid groups (broad SMARTS) is 1. The van der Waals surface area contributed by atoms with Crippen molar-refractivity contribution in [2.24, 2.45) is 0 Å². The van der Waals surface area contributed by atoms with Gasteiger partial charge in [0, 0.05) is 4.75 Å². The van der Waals surface area contributed by atoms with Gasteiger partial charge in [-0.2, -0.15) is 0 Å². The SMILES string of the molecule is CC1(C)S[C@@H]2[C@H](NC(=O)c3cccs3)C(=O)N2[C@H]1C(=O)O. The Bertz CT molecular complexity index is 614. The summed E-state index contributed by atoms with van der Waals surface area (Å²) in [4.78, 5) is 37.5. The summed E-state index contributed by atoms with van der Waals surface area (Å²) in [6, 6.07) is 1.96. The number of aliphatic carboxylic acids is 1. The van der Waals surface area contributed by atoms with Crippen LogP contribution in [0.3, 0.4) is 0 Å². The molecule has 2 N–H and O–H groups in total. The lowest BCUT2D eigenvalue weighted by Crippen LogP contribution is -2.70. The number of fused-ring (bicyclic) bond motifs is 1. The lowest BCUT2D eigenvalue weighted by atomic mass is 9.96. The van der Waals surface area contributed by atoms with Crippen LogP contribution >= 0.6 is 23.1 Å². The molecule has 3 heterocycles. The molecule has 0 aliphatic carbocycles. The number of hydrogen-bond donors (Lipinski definition) is 2. The lowest BCUT2D eigenvalue weighted by Gasteiger charge is -2.43. The van der Waals surface area contributed by atoms with E-state index in [-0.39, 0.29) is 17.2 Å². The Morgan fingerprint density at radius 3 is 2.71 bits per heavy atom. The average molecular weight is 326 g/mol. The molecule has 2 aliphatic heterocycles. The topological polar surface area (TPSA) is 86.7 Å². The zero-order valence-electron chi connectivity index (χ0n) is 11.4. The lowest BCUT2D eigenvalue weighted by molar-refractivity contribution is -0.159. The Balaban J connectivity index is 1.76. The molecule has 112 valence electrons. The normalized spacial score (nSPS) is 29.7. The Hall–Kier alpha value is -1.54. The van der Waals surface area contributed by atoms with Crippen LogP contribution in [0.5, 0.6) is 0 Å². The van der Waals surface area contributed by atoms with Crippen molar-refractivity contribution < 1.29 is 19.5 Å². The number of carbonyl (C=O) groups excluding carboxylic acids is 2.